The molecule has 3 aromatic heterocycles. The summed E-state index contributed by atoms with van der Waals surface area (Å²) in [6.45, 7) is 1.38. The zero-order valence-corrected chi connectivity index (χ0v) is 12.4. The van der Waals surface area contributed by atoms with Gasteiger partial charge in [-0.05, 0) is 18.9 Å². The molecule has 0 spiro atoms. The number of rotatable bonds is 2. The maximum atomic E-state index is 12.4. The number of aromatic nitrogens is 4. The molecule has 0 aromatic carbocycles. The molecular weight excluding hydrogens is 296 g/mol. The number of carbonyl (C=O) groups is 1. The highest BCUT2D eigenvalue weighted by Crippen LogP contribution is 2.26. The van der Waals surface area contributed by atoms with Gasteiger partial charge in [0, 0.05) is 37.3 Å². The summed E-state index contributed by atoms with van der Waals surface area (Å²) >= 11 is 0. The molecule has 118 valence electrons. The van der Waals surface area contributed by atoms with Gasteiger partial charge in [0.15, 0.2) is 5.65 Å². The van der Waals surface area contributed by atoms with Crippen molar-refractivity contribution < 1.29 is 9.32 Å². The fraction of sp³-hybridized carbons (Fsp3) is 0.333. The summed E-state index contributed by atoms with van der Waals surface area (Å²) in [5, 5.41) is 11.1. The number of likely N-dealkylation sites (tertiary alicyclic amines) is 1. The number of nitrogens with zero attached hydrogens (tertiary/aromatic N) is 5. The van der Waals surface area contributed by atoms with Gasteiger partial charge < -0.3 is 9.42 Å². The summed E-state index contributed by atoms with van der Waals surface area (Å²) < 4.78 is 6.51. The maximum absolute atomic E-state index is 12.4. The van der Waals surface area contributed by atoms with Gasteiger partial charge in [0.25, 0.3) is 0 Å². The van der Waals surface area contributed by atoms with Crippen molar-refractivity contribution in [2.75, 3.05) is 18.4 Å². The first kappa shape index (κ1) is 13.7. The lowest BCUT2D eigenvalue weighted by Gasteiger charge is -2.31. The van der Waals surface area contributed by atoms with E-state index < -0.39 is 0 Å². The molecule has 0 saturated carbocycles. The molecule has 0 unspecified atom stereocenters. The number of nitrogens with one attached hydrogen (secondary N) is 1. The molecule has 1 saturated heterocycles. The highest BCUT2D eigenvalue weighted by Gasteiger charge is 2.25. The number of piperidine rings is 1. The average molecular weight is 312 g/mol. The Morgan fingerprint density at radius 1 is 1.22 bits per heavy atom. The van der Waals surface area contributed by atoms with Crippen molar-refractivity contribution in [2.24, 2.45) is 0 Å². The van der Waals surface area contributed by atoms with Crippen molar-refractivity contribution in [3.63, 3.8) is 0 Å². The Hall–Kier alpha value is -2.90. The van der Waals surface area contributed by atoms with Gasteiger partial charge in [-0.25, -0.2) is 9.78 Å². The minimum absolute atomic E-state index is 0.119. The maximum Gasteiger partial charge on any atom is 0.323 e. The lowest BCUT2D eigenvalue weighted by atomic mass is 9.94. The average Bonchev–Trinajstić information content (AvgIpc) is 3.27. The number of urea groups is 1. The van der Waals surface area contributed by atoms with Crippen LogP contribution in [0.25, 0.3) is 5.65 Å². The number of hydrogen-bond donors (Lipinski definition) is 1. The third kappa shape index (κ3) is 2.63. The molecule has 0 bridgehead atoms. The molecule has 8 nitrogen and oxygen atoms in total. The van der Waals surface area contributed by atoms with Crippen molar-refractivity contribution in [3.05, 3.63) is 42.5 Å². The van der Waals surface area contributed by atoms with Gasteiger partial charge in [0.1, 0.15) is 12.1 Å². The van der Waals surface area contributed by atoms with Crippen LogP contribution in [0.2, 0.25) is 0 Å². The van der Waals surface area contributed by atoms with E-state index in [-0.39, 0.29) is 6.03 Å². The van der Waals surface area contributed by atoms with Crippen LogP contribution in [0.3, 0.4) is 0 Å². The van der Waals surface area contributed by atoms with Crippen LogP contribution in [0.4, 0.5) is 10.6 Å². The fourth-order valence-corrected chi connectivity index (χ4v) is 2.93. The number of carbonyl (C=O) groups excluding carboxylic acids is 1. The molecule has 0 atom stereocenters. The zero-order chi connectivity index (χ0) is 15.6. The van der Waals surface area contributed by atoms with Crippen molar-refractivity contribution in [1.82, 2.24) is 24.7 Å². The SMILES string of the molecule is O=C(Nc1ccnc2ccnn12)N1CCC(c2ccon2)CC1. The molecule has 8 heteroatoms. The first-order valence-corrected chi connectivity index (χ1v) is 7.56. The Bertz CT molecular complexity index is 804. The second kappa shape index (κ2) is 5.71. The smallest absolute Gasteiger partial charge is 0.323 e. The van der Waals surface area contributed by atoms with E-state index in [1.165, 1.54) is 0 Å². The van der Waals surface area contributed by atoms with E-state index in [0.717, 1.165) is 18.5 Å². The molecule has 1 aliphatic heterocycles. The predicted octanol–water partition coefficient (Wildman–Crippen LogP) is 2.13. The highest BCUT2D eigenvalue weighted by molar-refractivity contribution is 5.88. The number of fused-ring (bicyclic) bond motifs is 1. The molecular formula is C15H16N6O2. The predicted molar refractivity (Wildman–Crippen MR) is 82.1 cm³/mol. The normalized spacial score (nSPS) is 15.9. The Balaban J connectivity index is 1.41. The fourth-order valence-electron chi connectivity index (χ4n) is 2.93. The van der Waals surface area contributed by atoms with Crippen LogP contribution in [0.1, 0.15) is 24.5 Å². The van der Waals surface area contributed by atoms with Crippen molar-refractivity contribution >= 4 is 17.5 Å². The Kier molecular flexibility index (Phi) is 3.41. The Morgan fingerprint density at radius 2 is 2.09 bits per heavy atom. The molecule has 3 aromatic rings. The largest absolute Gasteiger partial charge is 0.365 e. The third-order valence-corrected chi connectivity index (χ3v) is 4.18. The van der Waals surface area contributed by atoms with E-state index in [1.54, 1.807) is 35.3 Å². The lowest BCUT2D eigenvalue weighted by molar-refractivity contribution is 0.193. The molecule has 23 heavy (non-hydrogen) atoms. The van der Waals surface area contributed by atoms with Gasteiger partial charge >= 0.3 is 6.03 Å². The van der Waals surface area contributed by atoms with Crippen LogP contribution >= 0.6 is 0 Å². The molecule has 1 aliphatic rings. The van der Waals surface area contributed by atoms with Crippen LogP contribution in [0.5, 0.6) is 0 Å². The number of hydrogen-bond acceptors (Lipinski definition) is 5. The number of anilines is 1. The zero-order valence-electron chi connectivity index (χ0n) is 12.4. The van der Waals surface area contributed by atoms with Crippen molar-refractivity contribution in [2.45, 2.75) is 18.8 Å². The lowest BCUT2D eigenvalue weighted by Crippen LogP contribution is -2.40. The minimum atomic E-state index is -0.119. The van der Waals surface area contributed by atoms with E-state index in [0.29, 0.717) is 30.5 Å². The molecule has 2 amide bonds. The third-order valence-electron chi connectivity index (χ3n) is 4.18. The highest BCUT2D eigenvalue weighted by atomic mass is 16.5. The quantitative estimate of drug-likeness (QED) is 0.783. The molecule has 0 radical (unpaired) electrons. The van der Waals surface area contributed by atoms with Crippen LogP contribution in [0.15, 0.2) is 41.4 Å². The number of amides is 2. The van der Waals surface area contributed by atoms with E-state index >= 15 is 0 Å². The van der Waals surface area contributed by atoms with Gasteiger partial charge in [-0.2, -0.15) is 9.61 Å². The summed E-state index contributed by atoms with van der Waals surface area (Å²) in [7, 11) is 0. The molecule has 0 aliphatic carbocycles. The standard InChI is InChI=1S/C15H16N6O2/c22-15(18-14-1-6-16-13-2-7-17-21(13)14)20-8-3-11(4-9-20)12-5-10-23-19-12/h1-2,5-7,10-11H,3-4,8-9H2,(H,18,22). The Labute approximate surface area is 132 Å². The monoisotopic (exact) mass is 312 g/mol. The Morgan fingerprint density at radius 3 is 2.87 bits per heavy atom. The van der Waals surface area contributed by atoms with Gasteiger partial charge in [-0.15, -0.1) is 0 Å². The molecule has 1 N–H and O–H groups in total. The van der Waals surface area contributed by atoms with Crippen molar-refractivity contribution in [3.8, 4) is 0 Å². The first-order chi connectivity index (χ1) is 11.3. The van der Waals surface area contributed by atoms with Gasteiger partial charge in [0.05, 0.1) is 11.9 Å². The second-order valence-electron chi connectivity index (χ2n) is 5.55. The van der Waals surface area contributed by atoms with Crippen LogP contribution < -0.4 is 5.32 Å². The summed E-state index contributed by atoms with van der Waals surface area (Å²) in [4.78, 5) is 18.4. The minimum Gasteiger partial charge on any atom is -0.365 e. The van der Waals surface area contributed by atoms with Crippen LogP contribution in [-0.4, -0.2) is 43.8 Å². The second-order valence-corrected chi connectivity index (χ2v) is 5.55. The van der Waals surface area contributed by atoms with Gasteiger partial charge in [0.2, 0.25) is 0 Å². The first-order valence-electron chi connectivity index (χ1n) is 7.56. The summed E-state index contributed by atoms with van der Waals surface area (Å²) in [5.41, 5.74) is 1.67. The molecule has 4 rings (SSSR count). The van der Waals surface area contributed by atoms with E-state index in [1.807, 2.05) is 11.0 Å². The van der Waals surface area contributed by atoms with Gasteiger partial charge in [-0.3, -0.25) is 5.32 Å². The molecule has 4 heterocycles. The summed E-state index contributed by atoms with van der Waals surface area (Å²) in [6, 6.07) is 5.30. The van der Waals surface area contributed by atoms with Crippen LogP contribution in [0, 0.1) is 0 Å². The topological polar surface area (TPSA) is 88.6 Å². The van der Waals surface area contributed by atoms with Crippen molar-refractivity contribution in [1.29, 1.82) is 0 Å². The summed E-state index contributed by atoms with van der Waals surface area (Å²) in [6.07, 6.45) is 6.67. The van der Waals surface area contributed by atoms with E-state index in [9.17, 15) is 4.79 Å². The summed E-state index contributed by atoms with van der Waals surface area (Å²) in [5.74, 6) is 0.972. The van der Waals surface area contributed by atoms with E-state index in [4.69, 9.17) is 4.52 Å². The van der Waals surface area contributed by atoms with E-state index in [2.05, 4.69) is 20.6 Å². The van der Waals surface area contributed by atoms with Crippen LogP contribution in [-0.2, 0) is 0 Å². The van der Waals surface area contributed by atoms with Gasteiger partial charge in [-0.1, -0.05) is 5.16 Å². The molecule has 1 fully saturated rings.